The largest absolute Gasteiger partial charge is 0.441 e. The topological polar surface area (TPSA) is 66.8 Å². The van der Waals surface area contributed by atoms with Crippen LogP contribution in [0.25, 0.3) is 0 Å². The summed E-state index contributed by atoms with van der Waals surface area (Å²) in [6.45, 7) is -0.119. The molecule has 5 nitrogen and oxygen atoms in total. The molecule has 1 heterocycles. The molecule has 1 aromatic carbocycles. The number of nitrogens with zero attached hydrogens (tertiary/aromatic N) is 1. The first-order valence-corrected chi connectivity index (χ1v) is 4.99. The Hall–Kier alpha value is -1.95. The summed E-state index contributed by atoms with van der Waals surface area (Å²) >= 11 is 0. The summed E-state index contributed by atoms with van der Waals surface area (Å²) in [5.41, 5.74) is 0.231. The van der Waals surface area contributed by atoms with E-state index in [1.165, 1.54) is 17.0 Å². The highest BCUT2D eigenvalue weighted by Gasteiger charge is 2.32. The Morgan fingerprint density at radius 2 is 2.35 bits per heavy atom. The summed E-state index contributed by atoms with van der Waals surface area (Å²) in [5, 5.41) is 8.86. The van der Waals surface area contributed by atoms with E-state index in [1.807, 2.05) is 0 Å². The van der Waals surface area contributed by atoms with Gasteiger partial charge < -0.3 is 9.84 Å². The van der Waals surface area contributed by atoms with Crippen LogP contribution in [0.2, 0.25) is 0 Å². The Bertz CT molecular complexity index is 463. The predicted octanol–water partition coefficient (Wildman–Crippen LogP) is 0.956. The molecule has 1 aliphatic rings. The van der Waals surface area contributed by atoms with Crippen molar-refractivity contribution in [1.82, 2.24) is 0 Å². The van der Waals surface area contributed by atoms with Crippen molar-refractivity contribution in [2.24, 2.45) is 0 Å². The van der Waals surface area contributed by atoms with Crippen molar-refractivity contribution in [3.05, 3.63) is 29.6 Å². The first-order chi connectivity index (χ1) is 8.15. The molecule has 1 atom stereocenters. The molecule has 0 spiro atoms. The number of benzene rings is 1. The highest BCUT2D eigenvalue weighted by Crippen LogP contribution is 2.23. The Balaban J connectivity index is 2.26. The second kappa shape index (κ2) is 4.50. The summed E-state index contributed by atoms with van der Waals surface area (Å²) in [6, 6.07) is 3.83. The monoisotopic (exact) mass is 239 g/mol. The lowest BCUT2D eigenvalue weighted by Crippen LogP contribution is -2.25. The van der Waals surface area contributed by atoms with Crippen molar-refractivity contribution in [2.45, 2.75) is 6.10 Å². The van der Waals surface area contributed by atoms with E-state index in [9.17, 15) is 14.0 Å². The van der Waals surface area contributed by atoms with Crippen molar-refractivity contribution in [1.29, 1.82) is 0 Å². The van der Waals surface area contributed by atoms with Gasteiger partial charge in [0, 0.05) is 0 Å². The maximum Gasteiger partial charge on any atom is 0.414 e. The number of rotatable bonds is 3. The second-order valence-electron chi connectivity index (χ2n) is 3.62. The van der Waals surface area contributed by atoms with Crippen LogP contribution >= 0.6 is 0 Å². The maximum absolute atomic E-state index is 13.4. The number of carbonyl (C=O) groups is 2. The van der Waals surface area contributed by atoms with Crippen molar-refractivity contribution >= 4 is 18.1 Å². The van der Waals surface area contributed by atoms with Crippen molar-refractivity contribution in [3.63, 3.8) is 0 Å². The van der Waals surface area contributed by atoms with Gasteiger partial charge in [-0.15, -0.1) is 0 Å². The lowest BCUT2D eigenvalue weighted by atomic mass is 10.2. The lowest BCUT2D eigenvalue weighted by Gasteiger charge is -2.13. The number of cyclic esters (lactones) is 1. The molecule has 2 rings (SSSR count). The van der Waals surface area contributed by atoms with Crippen LogP contribution in [0.1, 0.15) is 10.4 Å². The molecule has 1 aromatic rings. The summed E-state index contributed by atoms with van der Waals surface area (Å²) in [7, 11) is 0. The van der Waals surface area contributed by atoms with Crippen molar-refractivity contribution in [3.8, 4) is 0 Å². The Morgan fingerprint density at radius 3 is 2.88 bits per heavy atom. The van der Waals surface area contributed by atoms with Crippen LogP contribution in [0.15, 0.2) is 18.2 Å². The molecule has 1 amide bonds. The van der Waals surface area contributed by atoms with Gasteiger partial charge in [-0.3, -0.25) is 9.69 Å². The van der Waals surface area contributed by atoms with Gasteiger partial charge in [-0.25, -0.2) is 9.18 Å². The number of halogens is 1. The molecule has 0 unspecified atom stereocenters. The fraction of sp³-hybridized carbons (Fsp3) is 0.273. The van der Waals surface area contributed by atoms with Gasteiger partial charge >= 0.3 is 6.09 Å². The molecule has 1 saturated heterocycles. The molecule has 0 saturated carbocycles. The first-order valence-electron chi connectivity index (χ1n) is 4.99. The van der Waals surface area contributed by atoms with E-state index < -0.39 is 18.0 Å². The van der Waals surface area contributed by atoms with Crippen LogP contribution in [0, 0.1) is 5.82 Å². The van der Waals surface area contributed by atoms with Crippen molar-refractivity contribution < 1.29 is 23.8 Å². The molecule has 1 aliphatic heterocycles. The molecule has 0 aliphatic carbocycles. The number of amides is 1. The van der Waals surface area contributed by atoms with E-state index >= 15 is 0 Å². The Kier molecular flexibility index (Phi) is 3.06. The average Bonchev–Trinajstić information content (AvgIpc) is 2.70. The third-order valence-corrected chi connectivity index (χ3v) is 2.50. The Labute approximate surface area is 96.4 Å². The highest BCUT2D eigenvalue weighted by molar-refractivity contribution is 5.90. The minimum Gasteiger partial charge on any atom is -0.441 e. The SMILES string of the molecule is O=Cc1ccc(N2C[C@H](CO)OC2=O)cc1F. The minimum atomic E-state index is -0.697. The average molecular weight is 239 g/mol. The fourth-order valence-corrected chi connectivity index (χ4v) is 1.61. The molecule has 1 fully saturated rings. The van der Waals surface area contributed by atoms with Crippen LogP contribution < -0.4 is 4.90 Å². The van der Waals surface area contributed by atoms with Gasteiger partial charge in [-0.1, -0.05) is 0 Å². The summed E-state index contributed by atoms with van der Waals surface area (Å²) < 4.78 is 18.2. The molecule has 0 bridgehead atoms. The molecule has 0 aromatic heterocycles. The van der Waals surface area contributed by atoms with Gasteiger partial charge in [0.1, 0.15) is 11.9 Å². The quantitative estimate of drug-likeness (QED) is 0.797. The molecular formula is C11H10FNO4. The number of hydrogen-bond acceptors (Lipinski definition) is 4. The molecule has 90 valence electrons. The van der Waals surface area contributed by atoms with Gasteiger partial charge in [-0.05, 0) is 18.2 Å². The van der Waals surface area contributed by atoms with Gasteiger partial charge in [0.2, 0.25) is 0 Å². The molecular weight excluding hydrogens is 229 g/mol. The number of anilines is 1. The van der Waals surface area contributed by atoms with Gasteiger partial charge in [0.25, 0.3) is 0 Å². The summed E-state index contributed by atoms with van der Waals surface area (Å²) in [5.74, 6) is -0.697. The highest BCUT2D eigenvalue weighted by atomic mass is 19.1. The van der Waals surface area contributed by atoms with E-state index in [0.717, 1.165) is 6.07 Å². The van der Waals surface area contributed by atoms with Gasteiger partial charge in [0.05, 0.1) is 24.4 Å². The number of aliphatic hydroxyl groups is 1. The van der Waals surface area contributed by atoms with Crippen LogP contribution in [-0.4, -0.2) is 36.7 Å². The number of ether oxygens (including phenoxy) is 1. The zero-order chi connectivity index (χ0) is 12.4. The fourth-order valence-electron chi connectivity index (χ4n) is 1.61. The molecule has 1 N–H and O–H groups in total. The molecule has 17 heavy (non-hydrogen) atoms. The van der Waals surface area contributed by atoms with Crippen LogP contribution in [0.4, 0.5) is 14.9 Å². The number of hydrogen-bond donors (Lipinski definition) is 1. The van der Waals surface area contributed by atoms with E-state index in [-0.39, 0.29) is 18.7 Å². The van der Waals surface area contributed by atoms with E-state index in [4.69, 9.17) is 9.84 Å². The second-order valence-corrected chi connectivity index (χ2v) is 3.62. The smallest absolute Gasteiger partial charge is 0.414 e. The van der Waals surface area contributed by atoms with Crippen LogP contribution in [0.3, 0.4) is 0 Å². The summed E-state index contributed by atoms with van der Waals surface area (Å²) in [4.78, 5) is 23.1. The normalized spacial score (nSPS) is 19.3. The summed E-state index contributed by atoms with van der Waals surface area (Å²) in [6.07, 6.45) is -0.837. The Morgan fingerprint density at radius 1 is 1.59 bits per heavy atom. The lowest BCUT2D eigenvalue weighted by molar-refractivity contribution is 0.0963. The van der Waals surface area contributed by atoms with Crippen molar-refractivity contribution in [2.75, 3.05) is 18.1 Å². The number of aliphatic hydroxyl groups excluding tert-OH is 1. The zero-order valence-corrected chi connectivity index (χ0v) is 8.80. The maximum atomic E-state index is 13.4. The molecule has 6 heteroatoms. The standard InChI is InChI=1S/C11H10FNO4/c12-10-3-8(2-1-7(10)5-14)13-4-9(6-15)17-11(13)16/h1-3,5,9,15H,4,6H2/t9-/m1/s1. The van der Waals surface area contributed by atoms with Gasteiger partial charge in [-0.2, -0.15) is 0 Å². The van der Waals surface area contributed by atoms with Crippen LogP contribution in [0.5, 0.6) is 0 Å². The van der Waals surface area contributed by atoms with E-state index in [0.29, 0.717) is 12.0 Å². The zero-order valence-electron chi connectivity index (χ0n) is 8.80. The third-order valence-electron chi connectivity index (χ3n) is 2.50. The van der Waals surface area contributed by atoms with E-state index in [1.54, 1.807) is 0 Å². The molecule has 0 radical (unpaired) electrons. The number of aldehydes is 1. The van der Waals surface area contributed by atoms with Crippen LogP contribution in [-0.2, 0) is 4.74 Å². The number of carbonyl (C=O) groups excluding carboxylic acids is 2. The van der Waals surface area contributed by atoms with E-state index in [2.05, 4.69) is 0 Å². The third kappa shape index (κ3) is 2.12. The predicted molar refractivity (Wildman–Crippen MR) is 56.5 cm³/mol. The minimum absolute atomic E-state index is 0.0694. The van der Waals surface area contributed by atoms with Gasteiger partial charge in [0.15, 0.2) is 6.29 Å². The first kappa shape index (κ1) is 11.5.